The lowest BCUT2D eigenvalue weighted by molar-refractivity contribution is 0.315. The Kier molecular flexibility index (Phi) is 5.11. The molecule has 0 unspecified atom stereocenters. The van der Waals surface area contributed by atoms with E-state index in [-0.39, 0.29) is 23.1 Å². The van der Waals surface area contributed by atoms with Gasteiger partial charge < -0.3 is 15.0 Å². The maximum atomic E-state index is 13.3. The number of benzene rings is 2. The van der Waals surface area contributed by atoms with Crippen LogP contribution < -0.4 is 19.3 Å². The van der Waals surface area contributed by atoms with Crippen LogP contribution in [0.3, 0.4) is 0 Å². The molecule has 2 aromatic carbocycles. The molecule has 2 aliphatic heterocycles. The van der Waals surface area contributed by atoms with Crippen LogP contribution in [0.5, 0.6) is 5.75 Å². The van der Waals surface area contributed by atoms with Gasteiger partial charge in [0.1, 0.15) is 11.5 Å². The van der Waals surface area contributed by atoms with Gasteiger partial charge in [0.2, 0.25) is 0 Å². The number of anilines is 2. The van der Waals surface area contributed by atoms with Crippen LogP contribution in [0.15, 0.2) is 41.3 Å². The molecule has 0 spiro atoms. The molecule has 1 N–H and O–H groups in total. The van der Waals surface area contributed by atoms with E-state index in [4.69, 9.17) is 27.9 Å². The molecule has 0 saturated carbocycles. The van der Waals surface area contributed by atoms with Gasteiger partial charge in [-0.2, -0.15) is 0 Å². The maximum absolute atomic E-state index is 13.3. The fourth-order valence-electron chi connectivity index (χ4n) is 3.41. The fourth-order valence-corrected chi connectivity index (χ4v) is 5.56. The second kappa shape index (κ2) is 7.39. The van der Waals surface area contributed by atoms with E-state index in [1.54, 1.807) is 24.3 Å². The summed E-state index contributed by atoms with van der Waals surface area (Å²) in [6.07, 6.45) is 0. The number of halogens is 2. The minimum Gasteiger partial charge on any atom is -0.487 e. The van der Waals surface area contributed by atoms with Crippen molar-refractivity contribution < 1.29 is 13.2 Å². The highest BCUT2D eigenvalue weighted by Gasteiger charge is 2.34. The Labute approximate surface area is 168 Å². The molecular weight excluding hydrogens is 409 g/mol. The predicted molar refractivity (Wildman–Crippen MR) is 108 cm³/mol. The van der Waals surface area contributed by atoms with Crippen LogP contribution in [0.1, 0.15) is 0 Å². The van der Waals surface area contributed by atoms with Gasteiger partial charge in [0.15, 0.2) is 5.75 Å². The summed E-state index contributed by atoms with van der Waals surface area (Å²) < 4.78 is 33.8. The molecule has 144 valence electrons. The smallest absolute Gasteiger partial charge is 0.266 e. The lowest BCUT2D eigenvalue weighted by Crippen LogP contribution is -2.44. The predicted octanol–water partition coefficient (Wildman–Crippen LogP) is 2.99. The Bertz CT molecular complexity index is 962. The first kappa shape index (κ1) is 18.7. The number of nitrogens with zero attached hydrogens (tertiary/aromatic N) is 2. The largest absolute Gasteiger partial charge is 0.487 e. The molecule has 0 atom stereocenters. The third-order valence-corrected chi connectivity index (χ3v) is 7.22. The summed E-state index contributed by atoms with van der Waals surface area (Å²) >= 11 is 12.5. The zero-order valence-corrected chi connectivity index (χ0v) is 16.8. The van der Waals surface area contributed by atoms with Crippen molar-refractivity contribution in [2.24, 2.45) is 0 Å². The first-order chi connectivity index (χ1) is 13.0. The summed E-state index contributed by atoms with van der Waals surface area (Å²) in [5.74, 6) is 0.545. The quantitative estimate of drug-likeness (QED) is 0.815. The van der Waals surface area contributed by atoms with Gasteiger partial charge in [-0.1, -0.05) is 35.3 Å². The van der Waals surface area contributed by atoms with E-state index in [0.717, 1.165) is 31.9 Å². The van der Waals surface area contributed by atoms with E-state index in [0.29, 0.717) is 16.5 Å². The normalized spacial score (nSPS) is 17.4. The van der Waals surface area contributed by atoms with Gasteiger partial charge in [0.05, 0.1) is 22.9 Å². The molecule has 0 aromatic heterocycles. The van der Waals surface area contributed by atoms with Gasteiger partial charge >= 0.3 is 0 Å². The second-order valence-corrected chi connectivity index (χ2v) is 9.04. The summed E-state index contributed by atoms with van der Waals surface area (Å²) in [4.78, 5) is 2.23. The van der Waals surface area contributed by atoms with Crippen LogP contribution in [-0.2, 0) is 10.0 Å². The Morgan fingerprint density at radius 1 is 1.00 bits per heavy atom. The first-order valence-corrected chi connectivity index (χ1v) is 10.9. The van der Waals surface area contributed by atoms with Crippen molar-refractivity contribution >= 4 is 44.6 Å². The van der Waals surface area contributed by atoms with E-state index in [1.165, 1.54) is 10.4 Å². The highest BCUT2D eigenvalue weighted by Crippen LogP contribution is 2.45. The van der Waals surface area contributed by atoms with Crippen LogP contribution in [0.4, 0.5) is 11.4 Å². The summed E-state index contributed by atoms with van der Waals surface area (Å²) in [6, 6.07) is 9.90. The highest BCUT2D eigenvalue weighted by molar-refractivity contribution is 7.93. The van der Waals surface area contributed by atoms with E-state index in [2.05, 4.69) is 10.2 Å². The number of nitrogens with one attached hydrogen (secondary N) is 1. The zero-order valence-electron chi connectivity index (χ0n) is 14.5. The third-order valence-electron chi connectivity index (χ3n) is 4.69. The Balaban J connectivity index is 1.82. The van der Waals surface area contributed by atoms with Gasteiger partial charge in [-0.3, -0.25) is 4.31 Å². The highest BCUT2D eigenvalue weighted by atomic mass is 35.5. The third kappa shape index (κ3) is 3.45. The second-order valence-electron chi connectivity index (χ2n) is 6.37. The number of ether oxygens (including phenoxy) is 1. The molecule has 6 nitrogen and oxygen atoms in total. The minimum atomic E-state index is -3.84. The SMILES string of the molecule is O=S(=O)(c1ccccc1Cl)N1CCOc2c(N3CCNCC3)cc(Cl)cc21. The van der Waals surface area contributed by atoms with Crippen molar-refractivity contribution in [2.45, 2.75) is 4.90 Å². The van der Waals surface area contributed by atoms with Crippen molar-refractivity contribution in [1.29, 1.82) is 0 Å². The molecule has 1 fully saturated rings. The number of piperazine rings is 1. The molecule has 1 saturated heterocycles. The van der Waals surface area contributed by atoms with Gasteiger partial charge in [-0.15, -0.1) is 0 Å². The fraction of sp³-hybridized carbons (Fsp3) is 0.333. The molecule has 0 aliphatic carbocycles. The molecule has 0 amide bonds. The van der Waals surface area contributed by atoms with E-state index < -0.39 is 10.0 Å². The van der Waals surface area contributed by atoms with Crippen molar-refractivity contribution in [1.82, 2.24) is 5.32 Å². The number of rotatable bonds is 3. The van der Waals surface area contributed by atoms with E-state index in [1.807, 2.05) is 6.07 Å². The maximum Gasteiger partial charge on any atom is 0.266 e. The van der Waals surface area contributed by atoms with Crippen molar-refractivity contribution in [3.8, 4) is 5.75 Å². The van der Waals surface area contributed by atoms with Crippen LogP contribution in [0.25, 0.3) is 0 Å². The van der Waals surface area contributed by atoms with Crippen molar-refractivity contribution in [2.75, 3.05) is 48.5 Å². The molecule has 0 radical (unpaired) electrons. The molecule has 4 rings (SSSR count). The molecule has 27 heavy (non-hydrogen) atoms. The van der Waals surface area contributed by atoms with Crippen molar-refractivity contribution in [3.05, 3.63) is 46.4 Å². The van der Waals surface area contributed by atoms with Gasteiger partial charge in [0, 0.05) is 31.2 Å². The number of sulfonamides is 1. The molecule has 0 bridgehead atoms. The Morgan fingerprint density at radius 2 is 1.70 bits per heavy atom. The van der Waals surface area contributed by atoms with E-state index in [9.17, 15) is 8.42 Å². The molecule has 2 aromatic rings. The van der Waals surface area contributed by atoms with Crippen LogP contribution in [0.2, 0.25) is 10.0 Å². The van der Waals surface area contributed by atoms with Crippen LogP contribution in [0, 0.1) is 0 Å². The van der Waals surface area contributed by atoms with Crippen molar-refractivity contribution in [3.63, 3.8) is 0 Å². The summed E-state index contributed by atoms with van der Waals surface area (Å²) in [7, 11) is -3.84. The standard InChI is InChI=1S/C18H19Cl2N3O3S/c19-13-11-15(22-7-5-21-6-8-22)18-16(12-13)23(9-10-26-18)27(24,25)17-4-2-1-3-14(17)20/h1-4,11-12,21H,5-10H2. The van der Waals surface area contributed by atoms with E-state index >= 15 is 0 Å². The average Bonchev–Trinajstić information content (AvgIpc) is 2.67. The van der Waals surface area contributed by atoms with Crippen LogP contribution in [-0.4, -0.2) is 47.7 Å². The number of hydrogen-bond donors (Lipinski definition) is 1. The summed E-state index contributed by atoms with van der Waals surface area (Å²) in [5, 5.41) is 3.96. The Morgan fingerprint density at radius 3 is 2.44 bits per heavy atom. The summed E-state index contributed by atoms with van der Waals surface area (Å²) in [6.45, 7) is 3.76. The monoisotopic (exact) mass is 427 g/mol. The van der Waals surface area contributed by atoms with Gasteiger partial charge in [-0.05, 0) is 24.3 Å². The molecular formula is C18H19Cl2N3O3S. The van der Waals surface area contributed by atoms with Crippen LogP contribution >= 0.6 is 23.2 Å². The lowest BCUT2D eigenvalue weighted by Gasteiger charge is -2.36. The average molecular weight is 428 g/mol. The van der Waals surface area contributed by atoms with Gasteiger partial charge in [-0.25, -0.2) is 8.42 Å². The van der Waals surface area contributed by atoms with Gasteiger partial charge in [0.25, 0.3) is 10.0 Å². The molecule has 2 heterocycles. The zero-order chi connectivity index (χ0) is 19.0. The Hall–Kier alpha value is -1.67. The topological polar surface area (TPSA) is 61.9 Å². The summed E-state index contributed by atoms with van der Waals surface area (Å²) in [5.41, 5.74) is 1.26. The number of hydrogen-bond acceptors (Lipinski definition) is 5. The molecule has 9 heteroatoms. The minimum absolute atomic E-state index is 0.0724. The lowest BCUT2D eigenvalue weighted by atomic mass is 10.2. The molecule has 2 aliphatic rings. The first-order valence-electron chi connectivity index (χ1n) is 8.68. The number of fused-ring (bicyclic) bond motifs is 1.